The molecule has 1 N–H and O–H groups in total. The van der Waals surface area contributed by atoms with Crippen molar-refractivity contribution in [2.75, 3.05) is 0 Å². The molecule has 0 aliphatic carbocycles. The van der Waals surface area contributed by atoms with Gasteiger partial charge in [-0.15, -0.1) is 0 Å². The van der Waals surface area contributed by atoms with Crippen LogP contribution in [0.4, 0.5) is 0 Å². The number of imidazole rings is 1. The number of hydrogen-bond acceptors (Lipinski definition) is 3. The molecule has 2 rings (SSSR count). The molecule has 0 atom stereocenters. The molecule has 0 saturated carbocycles. The fourth-order valence-electron chi connectivity index (χ4n) is 1.87. The van der Waals surface area contributed by atoms with E-state index in [4.69, 9.17) is 5.11 Å². The Balaban J connectivity index is 2.65. The third kappa shape index (κ3) is 1.92. The van der Waals surface area contributed by atoms with Crippen LogP contribution < -0.4 is 4.73 Å². The summed E-state index contributed by atoms with van der Waals surface area (Å²) in [6, 6.07) is 3.44. The number of carboxylic acids is 1. The van der Waals surface area contributed by atoms with Gasteiger partial charge in [0.1, 0.15) is 11.4 Å². The van der Waals surface area contributed by atoms with Crippen molar-refractivity contribution < 1.29 is 14.6 Å². The first kappa shape index (κ1) is 12.1. The first-order valence-corrected chi connectivity index (χ1v) is 5.43. The van der Waals surface area contributed by atoms with Crippen molar-refractivity contribution in [3.8, 4) is 11.4 Å². The molecule has 0 unspecified atom stereocenters. The minimum Gasteiger partial charge on any atom is -0.710 e. The molecule has 94 valence electrons. The van der Waals surface area contributed by atoms with E-state index in [2.05, 4.69) is 4.98 Å². The summed E-state index contributed by atoms with van der Waals surface area (Å²) in [6.07, 6.45) is 3.14. The van der Waals surface area contributed by atoms with Crippen LogP contribution in [0.5, 0.6) is 0 Å². The Labute approximate surface area is 104 Å². The van der Waals surface area contributed by atoms with E-state index in [1.165, 1.54) is 4.57 Å². The molecule has 0 aliphatic heterocycles. The van der Waals surface area contributed by atoms with Gasteiger partial charge in [0.05, 0.1) is 5.56 Å². The Bertz CT molecular complexity index is 590. The second kappa shape index (κ2) is 4.48. The van der Waals surface area contributed by atoms with Crippen LogP contribution in [-0.4, -0.2) is 20.6 Å². The molecule has 0 bridgehead atoms. The summed E-state index contributed by atoms with van der Waals surface area (Å²) in [5.41, 5.74) is 1.74. The molecule has 0 aromatic carbocycles. The normalized spacial score (nSPS) is 10.6. The highest BCUT2D eigenvalue weighted by molar-refractivity contribution is 5.68. The van der Waals surface area contributed by atoms with Crippen molar-refractivity contribution in [3.05, 3.63) is 41.1 Å². The number of nitrogens with zero attached hydrogens (tertiary/aromatic N) is 3. The SMILES string of the molecule is Cc1c(C)[n+]([O-])c(-c2cccnc2)n1CC(=O)O. The maximum Gasteiger partial charge on any atom is 0.346 e. The largest absolute Gasteiger partial charge is 0.710 e. The van der Waals surface area contributed by atoms with Gasteiger partial charge in [-0.1, -0.05) is 0 Å². The molecule has 6 heteroatoms. The van der Waals surface area contributed by atoms with Gasteiger partial charge in [-0.25, -0.2) is 14.1 Å². The summed E-state index contributed by atoms with van der Waals surface area (Å²) in [5, 5.41) is 21.0. The Morgan fingerprint density at radius 2 is 2.28 bits per heavy atom. The molecule has 2 aromatic rings. The van der Waals surface area contributed by atoms with E-state index in [0.717, 1.165) is 4.73 Å². The molecule has 18 heavy (non-hydrogen) atoms. The predicted molar refractivity (Wildman–Crippen MR) is 63.7 cm³/mol. The van der Waals surface area contributed by atoms with Crippen LogP contribution in [0.2, 0.25) is 0 Å². The fourth-order valence-corrected chi connectivity index (χ4v) is 1.87. The van der Waals surface area contributed by atoms with Gasteiger partial charge in [-0.2, -0.15) is 0 Å². The Kier molecular flexibility index (Phi) is 3.01. The number of pyridine rings is 1. The predicted octanol–water partition coefficient (Wildman–Crippen LogP) is 0.885. The molecule has 0 aliphatic rings. The molecule has 0 saturated heterocycles. The Morgan fingerprint density at radius 3 is 2.83 bits per heavy atom. The number of hydrogen-bond donors (Lipinski definition) is 1. The molecular formula is C12H13N3O3. The van der Waals surface area contributed by atoms with Crippen LogP contribution in [0.25, 0.3) is 11.4 Å². The van der Waals surface area contributed by atoms with Crippen LogP contribution in [-0.2, 0) is 11.3 Å². The van der Waals surface area contributed by atoms with E-state index in [1.54, 1.807) is 38.4 Å². The summed E-state index contributed by atoms with van der Waals surface area (Å²) in [4.78, 5) is 14.8. The molecule has 0 radical (unpaired) electrons. The lowest BCUT2D eigenvalue weighted by atomic mass is 10.2. The third-order valence-corrected chi connectivity index (χ3v) is 2.89. The molecule has 0 amide bonds. The molecule has 0 fully saturated rings. The molecular weight excluding hydrogens is 234 g/mol. The quantitative estimate of drug-likeness (QED) is 0.645. The van der Waals surface area contributed by atoms with Gasteiger partial charge in [-0.3, -0.25) is 4.98 Å². The van der Waals surface area contributed by atoms with Crippen molar-refractivity contribution >= 4 is 5.97 Å². The van der Waals surface area contributed by atoms with E-state index in [0.29, 0.717) is 22.8 Å². The van der Waals surface area contributed by atoms with E-state index in [1.807, 2.05) is 0 Å². The fraction of sp³-hybridized carbons (Fsp3) is 0.250. The first-order valence-electron chi connectivity index (χ1n) is 5.43. The number of aliphatic carboxylic acids is 1. The van der Waals surface area contributed by atoms with Gasteiger partial charge in [0.15, 0.2) is 6.54 Å². The highest BCUT2D eigenvalue weighted by Gasteiger charge is 2.25. The summed E-state index contributed by atoms with van der Waals surface area (Å²) in [6.45, 7) is 3.15. The molecule has 0 spiro atoms. The number of rotatable bonds is 3. The van der Waals surface area contributed by atoms with Crippen LogP contribution in [0.3, 0.4) is 0 Å². The first-order chi connectivity index (χ1) is 8.52. The number of carbonyl (C=O) groups is 1. The maximum atomic E-state index is 12.1. The molecule has 2 heterocycles. The smallest absolute Gasteiger partial charge is 0.346 e. The number of carboxylic acid groups (broad SMARTS) is 1. The van der Waals surface area contributed by atoms with Gasteiger partial charge >= 0.3 is 5.97 Å². The average molecular weight is 247 g/mol. The van der Waals surface area contributed by atoms with Crippen molar-refractivity contribution in [3.63, 3.8) is 0 Å². The molecule has 2 aromatic heterocycles. The summed E-state index contributed by atoms with van der Waals surface area (Å²) in [7, 11) is 0. The zero-order chi connectivity index (χ0) is 13.3. The van der Waals surface area contributed by atoms with Crippen LogP contribution in [0, 0.1) is 19.1 Å². The van der Waals surface area contributed by atoms with E-state index < -0.39 is 5.97 Å². The minimum atomic E-state index is -0.987. The van der Waals surface area contributed by atoms with Gasteiger partial charge < -0.3 is 10.3 Å². The van der Waals surface area contributed by atoms with Crippen molar-refractivity contribution in [2.24, 2.45) is 0 Å². The second-order valence-electron chi connectivity index (χ2n) is 4.01. The van der Waals surface area contributed by atoms with Gasteiger partial charge in [0, 0.05) is 26.2 Å². The highest BCUT2D eigenvalue weighted by atomic mass is 16.5. The van der Waals surface area contributed by atoms with Crippen molar-refractivity contribution in [1.29, 1.82) is 0 Å². The van der Waals surface area contributed by atoms with Crippen LogP contribution in [0.1, 0.15) is 11.4 Å². The Hall–Kier alpha value is -2.37. The third-order valence-electron chi connectivity index (χ3n) is 2.89. The summed E-state index contributed by atoms with van der Waals surface area (Å²) >= 11 is 0. The lowest BCUT2D eigenvalue weighted by Crippen LogP contribution is -2.31. The van der Waals surface area contributed by atoms with Crippen LogP contribution >= 0.6 is 0 Å². The van der Waals surface area contributed by atoms with Gasteiger partial charge in [-0.05, 0) is 12.1 Å². The van der Waals surface area contributed by atoms with E-state index >= 15 is 0 Å². The number of aromatic nitrogens is 3. The highest BCUT2D eigenvalue weighted by Crippen LogP contribution is 2.19. The average Bonchev–Trinajstić information content (AvgIpc) is 2.55. The standard InChI is InChI=1S/C12H13N3O3/c1-8-9(2)15(18)12(14(8)7-11(16)17)10-4-3-5-13-6-10/h3-6H,7H2,1-2H3,(H,16,17). The van der Waals surface area contributed by atoms with E-state index in [-0.39, 0.29) is 6.54 Å². The summed E-state index contributed by atoms with van der Waals surface area (Å²) in [5.74, 6) is -0.681. The van der Waals surface area contributed by atoms with Crippen molar-refractivity contribution in [1.82, 2.24) is 9.55 Å². The van der Waals surface area contributed by atoms with Gasteiger partial charge in [0.25, 0.3) is 5.82 Å². The lowest BCUT2D eigenvalue weighted by molar-refractivity contribution is -0.599. The topological polar surface area (TPSA) is 82.1 Å². The maximum absolute atomic E-state index is 12.1. The Morgan fingerprint density at radius 1 is 1.56 bits per heavy atom. The zero-order valence-corrected chi connectivity index (χ0v) is 10.1. The van der Waals surface area contributed by atoms with Gasteiger partial charge in [0.2, 0.25) is 0 Å². The zero-order valence-electron chi connectivity index (χ0n) is 10.1. The van der Waals surface area contributed by atoms with E-state index in [9.17, 15) is 10.0 Å². The van der Waals surface area contributed by atoms with Crippen LogP contribution in [0.15, 0.2) is 24.5 Å². The molecule has 6 nitrogen and oxygen atoms in total. The van der Waals surface area contributed by atoms with Crippen molar-refractivity contribution in [2.45, 2.75) is 20.4 Å². The lowest BCUT2D eigenvalue weighted by Gasteiger charge is -2.05. The summed E-state index contributed by atoms with van der Waals surface area (Å²) < 4.78 is 2.23. The monoisotopic (exact) mass is 247 g/mol. The second-order valence-corrected chi connectivity index (χ2v) is 4.01. The minimum absolute atomic E-state index is 0.244.